The second-order valence-electron chi connectivity index (χ2n) is 7.12. The molecule has 0 bridgehead atoms. The monoisotopic (exact) mass is 270 g/mol. The highest BCUT2D eigenvalue weighted by atomic mass is 16.5. The third-order valence-corrected chi connectivity index (χ3v) is 4.27. The van der Waals surface area contributed by atoms with Crippen molar-refractivity contribution < 1.29 is 4.74 Å². The number of piperazine rings is 1. The van der Waals surface area contributed by atoms with Crippen LogP contribution in [0.15, 0.2) is 0 Å². The standard InChI is InChI=1S/C16H34N2O/c1-7-9-14-12-18(10-11-19-15(3,4)5)16(6,8-2)13-17-14/h14,17H,7-13H2,1-6H3. The Hall–Kier alpha value is -0.120. The maximum absolute atomic E-state index is 5.90. The summed E-state index contributed by atoms with van der Waals surface area (Å²) in [4.78, 5) is 2.63. The van der Waals surface area contributed by atoms with Crippen LogP contribution in [0.1, 0.15) is 60.8 Å². The first kappa shape index (κ1) is 16.9. The first-order chi connectivity index (χ1) is 8.80. The van der Waals surface area contributed by atoms with Crippen molar-refractivity contribution in [1.82, 2.24) is 10.2 Å². The Bertz CT molecular complexity index is 262. The van der Waals surface area contributed by atoms with Gasteiger partial charge in [-0.15, -0.1) is 0 Å². The van der Waals surface area contributed by atoms with E-state index in [0.29, 0.717) is 6.04 Å². The van der Waals surface area contributed by atoms with Gasteiger partial charge in [-0.3, -0.25) is 4.90 Å². The third kappa shape index (κ3) is 5.41. The van der Waals surface area contributed by atoms with E-state index in [4.69, 9.17) is 4.74 Å². The Morgan fingerprint density at radius 2 is 2.00 bits per heavy atom. The van der Waals surface area contributed by atoms with Gasteiger partial charge in [0.1, 0.15) is 0 Å². The summed E-state index contributed by atoms with van der Waals surface area (Å²) in [7, 11) is 0. The second-order valence-corrected chi connectivity index (χ2v) is 7.12. The number of ether oxygens (including phenoxy) is 1. The number of hydrogen-bond acceptors (Lipinski definition) is 3. The molecule has 19 heavy (non-hydrogen) atoms. The van der Waals surface area contributed by atoms with Crippen LogP contribution in [0, 0.1) is 0 Å². The van der Waals surface area contributed by atoms with Gasteiger partial charge in [0, 0.05) is 31.2 Å². The fourth-order valence-electron chi connectivity index (χ4n) is 2.74. The Morgan fingerprint density at radius 1 is 1.32 bits per heavy atom. The van der Waals surface area contributed by atoms with Crippen LogP contribution >= 0.6 is 0 Å². The van der Waals surface area contributed by atoms with Crippen LogP contribution in [0.2, 0.25) is 0 Å². The normalized spacial score (nSPS) is 29.7. The van der Waals surface area contributed by atoms with Crippen LogP contribution in [-0.4, -0.2) is 48.3 Å². The molecule has 0 aromatic heterocycles. The average Bonchev–Trinajstić information content (AvgIpc) is 2.32. The van der Waals surface area contributed by atoms with Gasteiger partial charge in [0.2, 0.25) is 0 Å². The van der Waals surface area contributed by atoms with E-state index in [2.05, 4.69) is 51.8 Å². The van der Waals surface area contributed by atoms with Gasteiger partial charge in [0.15, 0.2) is 0 Å². The zero-order chi connectivity index (χ0) is 14.5. The summed E-state index contributed by atoms with van der Waals surface area (Å²) in [6.45, 7) is 17.5. The van der Waals surface area contributed by atoms with Crippen LogP contribution in [-0.2, 0) is 4.74 Å². The van der Waals surface area contributed by atoms with E-state index in [1.807, 2.05) is 0 Å². The van der Waals surface area contributed by atoms with Gasteiger partial charge in [0.05, 0.1) is 12.2 Å². The van der Waals surface area contributed by atoms with Crippen molar-refractivity contribution in [2.24, 2.45) is 0 Å². The highest BCUT2D eigenvalue weighted by molar-refractivity contribution is 4.95. The zero-order valence-corrected chi connectivity index (χ0v) is 13.9. The van der Waals surface area contributed by atoms with Crippen molar-refractivity contribution in [3.8, 4) is 0 Å². The predicted octanol–water partition coefficient (Wildman–Crippen LogP) is 3.04. The summed E-state index contributed by atoms with van der Waals surface area (Å²) in [6, 6.07) is 0.652. The zero-order valence-electron chi connectivity index (χ0n) is 13.9. The van der Waals surface area contributed by atoms with Gasteiger partial charge in [-0.25, -0.2) is 0 Å². The van der Waals surface area contributed by atoms with E-state index < -0.39 is 0 Å². The van der Waals surface area contributed by atoms with Crippen molar-refractivity contribution >= 4 is 0 Å². The molecule has 1 aliphatic heterocycles. The third-order valence-electron chi connectivity index (χ3n) is 4.27. The highest BCUT2D eigenvalue weighted by Crippen LogP contribution is 2.24. The van der Waals surface area contributed by atoms with Crippen LogP contribution in [0.5, 0.6) is 0 Å². The van der Waals surface area contributed by atoms with Gasteiger partial charge in [-0.05, 0) is 40.5 Å². The van der Waals surface area contributed by atoms with Crippen LogP contribution in [0.3, 0.4) is 0 Å². The van der Waals surface area contributed by atoms with E-state index in [-0.39, 0.29) is 11.1 Å². The van der Waals surface area contributed by atoms with E-state index >= 15 is 0 Å². The number of rotatable bonds is 6. The average molecular weight is 270 g/mol. The minimum absolute atomic E-state index is 0.0283. The van der Waals surface area contributed by atoms with E-state index in [1.54, 1.807) is 0 Å². The second kappa shape index (κ2) is 7.05. The van der Waals surface area contributed by atoms with Gasteiger partial charge < -0.3 is 10.1 Å². The molecule has 1 aliphatic rings. The molecule has 0 amide bonds. The Kier molecular flexibility index (Phi) is 6.28. The summed E-state index contributed by atoms with van der Waals surface area (Å²) < 4.78 is 5.90. The molecule has 2 unspecified atom stereocenters. The molecule has 3 heteroatoms. The molecule has 0 aliphatic carbocycles. The summed E-state index contributed by atoms with van der Waals surface area (Å²) in [6.07, 6.45) is 3.72. The number of nitrogens with one attached hydrogen (secondary N) is 1. The molecular weight excluding hydrogens is 236 g/mol. The lowest BCUT2D eigenvalue weighted by molar-refractivity contribution is -0.0374. The molecule has 1 fully saturated rings. The van der Waals surface area contributed by atoms with Crippen LogP contribution in [0.25, 0.3) is 0 Å². The molecule has 0 aromatic carbocycles. The first-order valence-electron chi connectivity index (χ1n) is 7.93. The van der Waals surface area contributed by atoms with Gasteiger partial charge in [-0.2, -0.15) is 0 Å². The molecule has 0 aromatic rings. The van der Waals surface area contributed by atoms with Crippen LogP contribution in [0.4, 0.5) is 0 Å². The summed E-state index contributed by atoms with van der Waals surface area (Å²) in [5.74, 6) is 0. The molecule has 1 rings (SSSR count). The molecular formula is C16H34N2O. The van der Waals surface area contributed by atoms with Gasteiger partial charge in [-0.1, -0.05) is 20.3 Å². The fraction of sp³-hybridized carbons (Fsp3) is 1.00. The Morgan fingerprint density at radius 3 is 2.53 bits per heavy atom. The number of nitrogens with zero attached hydrogens (tertiary/aromatic N) is 1. The lowest BCUT2D eigenvalue weighted by Gasteiger charge is -2.48. The Labute approximate surface area is 120 Å². The fourth-order valence-corrected chi connectivity index (χ4v) is 2.74. The number of hydrogen-bond donors (Lipinski definition) is 1. The Balaban J connectivity index is 2.52. The minimum Gasteiger partial charge on any atom is -0.375 e. The SMILES string of the molecule is CCCC1CN(CCOC(C)(C)C)C(C)(CC)CN1. The highest BCUT2D eigenvalue weighted by Gasteiger charge is 2.35. The molecule has 1 heterocycles. The maximum atomic E-state index is 5.90. The molecule has 2 atom stereocenters. The van der Waals surface area contributed by atoms with E-state index in [9.17, 15) is 0 Å². The quantitative estimate of drug-likeness (QED) is 0.803. The molecule has 114 valence electrons. The van der Waals surface area contributed by atoms with Crippen molar-refractivity contribution in [3.05, 3.63) is 0 Å². The summed E-state index contributed by atoms with van der Waals surface area (Å²) in [5, 5.41) is 3.72. The van der Waals surface area contributed by atoms with E-state index in [1.165, 1.54) is 19.3 Å². The molecule has 1 saturated heterocycles. The smallest absolute Gasteiger partial charge is 0.0600 e. The van der Waals surface area contributed by atoms with Gasteiger partial charge >= 0.3 is 0 Å². The lowest BCUT2D eigenvalue weighted by atomic mass is 9.91. The molecule has 3 nitrogen and oxygen atoms in total. The molecule has 1 N–H and O–H groups in total. The summed E-state index contributed by atoms with van der Waals surface area (Å²) >= 11 is 0. The lowest BCUT2D eigenvalue weighted by Crippen LogP contribution is -2.63. The van der Waals surface area contributed by atoms with Crippen molar-refractivity contribution in [2.75, 3.05) is 26.2 Å². The first-order valence-corrected chi connectivity index (χ1v) is 7.93. The largest absolute Gasteiger partial charge is 0.375 e. The topological polar surface area (TPSA) is 24.5 Å². The predicted molar refractivity (Wildman–Crippen MR) is 82.7 cm³/mol. The molecule has 0 saturated carbocycles. The molecule has 0 radical (unpaired) electrons. The van der Waals surface area contributed by atoms with Gasteiger partial charge in [0.25, 0.3) is 0 Å². The molecule has 0 spiro atoms. The minimum atomic E-state index is -0.0283. The van der Waals surface area contributed by atoms with Crippen molar-refractivity contribution in [3.63, 3.8) is 0 Å². The van der Waals surface area contributed by atoms with Crippen LogP contribution < -0.4 is 5.32 Å². The summed E-state index contributed by atoms with van der Waals surface area (Å²) in [5.41, 5.74) is 0.255. The van der Waals surface area contributed by atoms with Crippen molar-refractivity contribution in [1.29, 1.82) is 0 Å². The van der Waals surface area contributed by atoms with Crippen molar-refractivity contribution in [2.45, 2.75) is 78.0 Å². The maximum Gasteiger partial charge on any atom is 0.0600 e. The van der Waals surface area contributed by atoms with E-state index in [0.717, 1.165) is 26.2 Å².